The van der Waals surface area contributed by atoms with Crippen LogP contribution in [0.1, 0.15) is 29.2 Å². The maximum atomic E-state index is 13.1. The second-order valence-electron chi connectivity index (χ2n) is 6.97. The Morgan fingerprint density at radius 1 is 1.03 bits per heavy atom. The number of nitrogens with zero attached hydrogens (tertiary/aromatic N) is 2. The van der Waals surface area contributed by atoms with Crippen molar-refractivity contribution in [3.05, 3.63) is 106 Å². The van der Waals surface area contributed by atoms with E-state index in [2.05, 4.69) is 15.9 Å². The van der Waals surface area contributed by atoms with E-state index in [1.54, 1.807) is 18.2 Å². The van der Waals surface area contributed by atoms with Gasteiger partial charge < -0.3 is 4.74 Å². The van der Waals surface area contributed by atoms with Crippen LogP contribution in [0, 0.1) is 0 Å². The molecular formula is C25H21BrN2O2. The highest BCUT2D eigenvalue weighted by Gasteiger charge is 2.32. The van der Waals surface area contributed by atoms with E-state index < -0.39 is 0 Å². The lowest BCUT2D eigenvalue weighted by Gasteiger charge is -2.21. The minimum atomic E-state index is -0.164. The minimum Gasteiger partial charge on any atom is -0.497 e. The van der Waals surface area contributed by atoms with E-state index in [1.807, 2.05) is 84.9 Å². The Morgan fingerprint density at radius 2 is 1.73 bits per heavy atom. The van der Waals surface area contributed by atoms with Gasteiger partial charge >= 0.3 is 0 Å². The number of ether oxygens (including phenoxy) is 1. The van der Waals surface area contributed by atoms with Crippen molar-refractivity contribution in [1.29, 1.82) is 0 Å². The van der Waals surface area contributed by atoms with Crippen LogP contribution in [0.5, 0.6) is 5.75 Å². The Morgan fingerprint density at radius 3 is 2.40 bits per heavy atom. The summed E-state index contributed by atoms with van der Waals surface area (Å²) in [5, 5.41) is 6.29. The number of amides is 1. The zero-order valence-electron chi connectivity index (χ0n) is 16.5. The van der Waals surface area contributed by atoms with Crippen molar-refractivity contribution in [3.8, 4) is 5.75 Å². The molecule has 0 N–H and O–H groups in total. The molecule has 1 aliphatic heterocycles. The van der Waals surface area contributed by atoms with Gasteiger partial charge in [-0.15, -0.1) is 0 Å². The van der Waals surface area contributed by atoms with Gasteiger partial charge in [0.1, 0.15) is 5.75 Å². The van der Waals surface area contributed by atoms with Gasteiger partial charge in [0.15, 0.2) is 0 Å². The number of methoxy groups -OCH3 is 1. The number of carbonyl (C=O) groups is 1. The Bertz CT molecular complexity index is 1070. The number of halogens is 1. The third kappa shape index (κ3) is 4.52. The molecule has 1 heterocycles. The van der Waals surface area contributed by atoms with Crippen LogP contribution in [0.25, 0.3) is 6.08 Å². The van der Waals surface area contributed by atoms with Crippen LogP contribution in [0.4, 0.5) is 0 Å². The molecule has 30 heavy (non-hydrogen) atoms. The van der Waals surface area contributed by atoms with Gasteiger partial charge in [0, 0.05) is 17.0 Å². The summed E-state index contributed by atoms with van der Waals surface area (Å²) in [6.45, 7) is 0. The van der Waals surface area contributed by atoms with Crippen LogP contribution in [0.15, 0.2) is 94.5 Å². The molecule has 0 fully saturated rings. The van der Waals surface area contributed by atoms with E-state index in [-0.39, 0.29) is 11.9 Å². The zero-order valence-corrected chi connectivity index (χ0v) is 18.1. The van der Waals surface area contributed by atoms with Crippen LogP contribution < -0.4 is 4.74 Å². The first-order chi connectivity index (χ1) is 14.6. The number of carbonyl (C=O) groups excluding carboxylic acids is 1. The Balaban J connectivity index is 1.64. The number of hydrogen-bond acceptors (Lipinski definition) is 3. The van der Waals surface area contributed by atoms with Crippen LogP contribution >= 0.6 is 15.9 Å². The predicted molar refractivity (Wildman–Crippen MR) is 123 cm³/mol. The topological polar surface area (TPSA) is 41.9 Å². The molecule has 1 aliphatic rings. The van der Waals surface area contributed by atoms with Gasteiger partial charge in [0.25, 0.3) is 5.91 Å². The lowest BCUT2D eigenvalue weighted by Crippen LogP contribution is -2.25. The first kappa shape index (κ1) is 20.1. The average molecular weight is 461 g/mol. The molecule has 0 aromatic heterocycles. The van der Waals surface area contributed by atoms with Gasteiger partial charge in [-0.05, 0) is 47.0 Å². The summed E-state index contributed by atoms with van der Waals surface area (Å²) in [6, 6.07) is 25.4. The van der Waals surface area contributed by atoms with Crippen molar-refractivity contribution >= 4 is 33.6 Å². The fraction of sp³-hybridized carbons (Fsp3) is 0.120. The second kappa shape index (κ2) is 9.09. The fourth-order valence-corrected chi connectivity index (χ4v) is 3.69. The summed E-state index contributed by atoms with van der Waals surface area (Å²) in [7, 11) is 1.64. The third-order valence-corrected chi connectivity index (χ3v) is 5.56. The molecular weight excluding hydrogens is 440 g/mol. The summed E-state index contributed by atoms with van der Waals surface area (Å²) in [6.07, 6.45) is 4.05. The number of hydrogen-bond donors (Lipinski definition) is 0. The predicted octanol–water partition coefficient (Wildman–Crippen LogP) is 5.85. The maximum absolute atomic E-state index is 13.1. The molecule has 4 rings (SSSR count). The van der Waals surface area contributed by atoms with Crippen molar-refractivity contribution in [2.75, 3.05) is 7.11 Å². The molecule has 0 saturated carbocycles. The van der Waals surface area contributed by atoms with Crippen LogP contribution in [-0.4, -0.2) is 23.7 Å². The molecule has 0 radical (unpaired) electrons. The molecule has 0 saturated heterocycles. The fourth-order valence-electron chi connectivity index (χ4n) is 3.42. The third-order valence-electron chi connectivity index (χ3n) is 5.03. The van der Waals surface area contributed by atoms with E-state index in [9.17, 15) is 4.79 Å². The summed E-state index contributed by atoms with van der Waals surface area (Å²) >= 11 is 3.47. The van der Waals surface area contributed by atoms with E-state index in [0.717, 1.165) is 32.6 Å². The molecule has 1 atom stereocenters. The molecule has 150 valence electrons. The standard InChI is InChI=1S/C25H21BrN2O2/c1-30-22-14-10-20(11-15-22)24-17-23(19-8-12-21(26)13-9-19)27-28(24)25(29)16-7-18-5-3-2-4-6-18/h2-16,24H,17H2,1H3/b16-7+/t24-/m1/s1. The summed E-state index contributed by atoms with van der Waals surface area (Å²) in [5.74, 6) is 0.638. The number of hydrazone groups is 1. The lowest BCUT2D eigenvalue weighted by molar-refractivity contribution is -0.127. The largest absolute Gasteiger partial charge is 0.497 e. The van der Waals surface area contributed by atoms with E-state index >= 15 is 0 Å². The molecule has 3 aromatic carbocycles. The average Bonchev–Trinajstić information content (AvgIpc) is 3.24. The molecule has 0 spiro atoms. The molecule has 1 amide bonds. The van der Waals surface area contributed by atoms with Crippen LogP contribution in [-0.2, 0) is 4.79 Å². The van der Waals surface area contributed by atoms with Crippen molar-refractivity contribution in [2.24, 2.45) is 5.10 Å². The van der Waals surface area contributed by atoms with Crippen LogP contribution in [0.3, 0.4) is 0 Å². The van der Waals surface area contributed by atoms with Crippen LogP contribution in [0.2, 0.25) is 0 Å². The Hall–Kier alpha value is -3.18. The van der Waals surface area contributed by atoms with Gasteiger partial charge in [-0.25, -0.2) is 5.01 Å². The van der Waals surface area contributed by atoms with Crippen molar-refractivity contribution in [1.82, 2.24) is 5.01 Å². The number of rotatable bonds is 5. The summed E-state index contributed by atoms with van der Waals surface area (Å²) in [5.41, 5.74) is 3.90. The van der Waals surface area contributed by atoms with E-state index in [0.29, 0.717) is 6.42 Å². The van der Waals surface area contributed by atoms with Gasteiger partial charge in [-0.2, -0.15) is 5.10 Å². The molecule has 0 aliphatic carbocycles. The van der Waals surface area contributed by atoms with Crippen molar-refractivity contribution in [3.63, 3.8) is 0 Å². The lowest BCUT2D eigenvalue weighted by atomic mass is 9.98. The van der Waals surface area contributed by atoms with E-state index in [4.69, 9.17) is 9.84 Å². The monoisotopic (exact) mass is 460 g/mol. The Kier molecular flexibility index (Phi) is 6.10. The highest BCUT2D eigenvalue weighted by molar-refractivity contribution is 9.10. The van der Waals surface area contributed by atoms with Gasteiger partial charge in [0.05, 0.1) is 18.9 Å². The minimum absolute atomic E-state index is 0.146. The molecule has 0 bridgehead atoms. The summed E-state index contributed by atoms with van der Waals surface area (Å²) in [4.78, 5) is 13.1. The first-order valence-corrected chi connectivity index (χ1v) is 10.5. The smallest absolute Gasteiger partial charge is 0.267 e. The maximum Gasteiger partial charge on any atom is 0.267 e. The van der Waals surface area contributed by atoms with Gasteiger partial charge in [0.2, 0.25) is 0 Å². The Labute approximate surface area is 184 Å². The van der Waals surface area contributed by atoms with Gasteiger partial charge in [-0.1, -0.05) is 70.5 Å². The quantitative estimate of drug-likeness (QED) is 0.448. The number of benzene rings is 3. The first-order valence-electron chi connectivity index (χ1n) is 9.68. The molecule has 4 nitrogen and oxygen atoms in total. The second-order valence-corrected chi connectivity index (χ2v) is 7.89. The molecule has 3 aromatic rings. The molecule has 5 heteroatoms. The van der Waals surface area contributed by atoms with Crippen molar-refractivity contribution in [2.45, 2.75) is 12.5 Å². The SMILES string of the molecule is COc1ccc([C@H]2CC(c3ccc(Br)cc3)=NN2C(=O)/C=C/c2ccccc2)cc1. The van der Waals surface area contributed by atoms with Crippen molar-refractivity contribution < 1.29 is 9.53 Å². The van der Waals surface area contributed by atoms with E-state index in [1.165, 1.54) is 0 Å². The molecule has 0 unspecified atom stereocenters. The highest BCUT2D eigenvalue weighted by Crippen LogP contribution is 2.34. The summed E-state index contributed by atoms with van der Waals surface area (Å²) < 4.78 is 6.28. The normalized spacial score (nSPS) is 16.0. The van der Waals surface area contributed by atoms with Gasteiger partial charge in [-0.3, -0.25) is 4.79 Å². The zero-order chi connectivity index (χ0) is 20.9. The highest BCUT2D eigenvalue weighted by atomic mass is 79.9.